The highest BCUT2D eigenvalue weighted by Crippen LogP contribution is 2.38. The Hall–Kier alpha value is -13.7. The maximum atomic E-state index is 13.0. The fourth-order valence-corrected chi connectivity index (χ4v) is 13.4. The molecule has 1 aliphatic carbocycles. The number of nitrogens with one attached hydrogen (secondary N) is 1. The van der Waals surface area contributed by atoms with Gasteiger partial charge in [0.05, 0.1) is 39.0 Å². The normalized spacial score (nSPS) is 14.9. The summed E-state index contributed by atoms with van der Waals surface area (Å²) in [6, 6.07) is 64.9. The van der Waals surface area contributed by atoms with Crippen molar-refractivity contribution in [2.45, 2.75) is 65.9 Å². The molecule has 0 bridgehead atoms. The first kappa shape index (κ1) is 70.9. The summed E-state index contributed by atoms with van der Waals surface area (Å²) < 4.78 is 47.4. The number of esters is 2. The van der Waals surface area contributed by atoms with Crippen molar-refractivity contribution in [1.82, 2.24) is 90.3 Å². The molecule has 1 N–H and O–H groups in total. The molecule has 3 atom stereocenters. The number of ether oxygens (including phenoxy) is 3. The average molecular weight is 1500 g/mol. The summed E-state index contributed by atoms with van der Waals surface area (Å²) in [6.07, 6.45) is 0.747. The summed E-state index contributed by atoms with van der Waals surface area (Å²) in [5.74, 6) is -1.51. The predicted molar refractivity (Wildman–Crippen MR) is 403 cm³/mol. The van der Waals surface area contributed by atoms with Crippen LogP contribution in [-0.4, -0.2) is 159 Å². The van der Waals surface area contributed by atoms with E-state index in [0.717, 1.165) is 99.2 Å². The van der Waals surface area contributed by atoms with Gasteiger partial charge < -0.3 is 14.2 Å². The second kappa shape index (κ2) is 29.7. The highest BCUT2D eigenvalue weighted by atomic mass is 35.5. The fraction of sp³-hybridized carbons (Fsp3) is 0.158. The molecular formula is C76H62ClN21O10S. The molecule has 0 saturated carbocycles. The van der Waals surface area contributed by atoms with Gasteiger partial charge in [0.1, 0.15) is 74.2 Å². The van der Waals surface area contributed by atoms with Crippen molar-refractivity contribution in [1.29, 1.82) is 5.41 Å². The molecule has 31 nitrogen and oxygen atoms in total. The van der Waals surface area contributed by atoms with Crippen LogP contribution in [0.5, 0.6) is 0 Å². The van der Waals surface area contributed by atoms with Crippen LogP contribution in [0.3, 0.4) is 0 Å². The molecule has 0 spiro atoms. The van der Waals surface area contributed by atoms with E-state index in [-0.39, 0.29) is 24.8 Å². The topological polar surface area (TPSA) is 363 Å². The fourth-order valence-electron chi connectivity index (χ4n) is 12.8. The lowest BCUT2D eigenvalue weighted by molar-refractivity contribution is -0.193. The third-order valence-electron chi connectivity index (χ3n) is 18.0. The minimum Gasteiger partial charge on any atom is -0.463 e. The largest absolute Gasteiger partial charge is 0.463 e. The van der Waals surface area contributed by atoms with Gasteiger partial charge in [-0.3, -0.25) is 28.9 Å². The number of fused-ring (bicyclic) bond motifs is 9. The molecule has 1 fully saturated rings. The van der Waals surface area contributed by atoms with Crippen molar-refractivity contribution < 1.29 is 46.1 Å². The molecule has 109 heavy (non-hydrogen) atoms. The second-order valence-electron chi connectivity index (χ2n) is 25.4. The standard InChI is InChI=1S/C19H12N4O2.C19H12N4.C18H23N3O5.C13H9N7.C7H6ClN3O3S/c1-11-8-9-16-15(10-11)20-21-23(16)22-18(24)13-6-2-4-12-5-3-7-14(17(12)13)19(22)25;1-3-9-15-13(7-1)14-8-2-4-10-16(14)19(15)21-23-18-12-6-5-11-17(18)20-22-23;1-10-7-14-15(8-11(10)2)21(20-19-14)18-6-5-16(25-13(4)23)17(26-18)9-24-12(3)22;14-13(19-11-7-3-1-5-9(11)15-17-19)20-12-8-4-2-6-10(12)16-18-20;1-15(12,13)14-11-6-4-2-3-5(8)7(6)9-10-11/h2-10H,1H3;1-12H;7-8,16-18H,5-6,9H2,1-4H3;1-8,14H;2-4H,1H3/t;;16-,17-,18-;;/m..0../s1. The molecule has 16 aromatic rings. The Balaban J connectivity index is 0.000000110. The summed E-state index contributed by atoms with van der Waals surface area (Å²) in [5.41, 5.74) is 18.4. The number of rotatable bonds is 8. The average Bonchev–Trinajstić information content (AvgIpc) is 1.46. The molecule has 10 aromatic carbocycles. The summed E-state index contributed by atoms with van der Waals surface area (Å²) in [4.78, 5) is 52.3. The van der Waals surface area contributed by atoms with E-state index in [1.807, 2.05) is 160 Å². The van der Waals surface area contributed by atoms with E-state index in [0.29, 0.717) is 56.4 Å². The van der Waals surface area contributed by atoms with Gasteiger partial charge in [0, 0.05) is 30.4 Å². The van der Waals surface area contributed by atoms with Crippen LogP contribution in [0.25, 0.3) is 88.1 Å². The number of hydrogen-bond acceptors (Lipinski definition) is 24. The first-order valence-corrected chi connectivity index (χ1v) is 36.1. The Bertz CT molecular complexity index is 6270. The molecular weight excluding hydrogens is 1430 g/mol. The van der Waals surface area contributed by atoms with Gasteiger partial charge in [-0.05, 0) is 167 Å². The lowest BCUT2D eigenvalue weighted by atomic mass is 9.95. The molecule has 6 aromatic heterocycles. The Kier molecular flexibility index (Phi) is 19.3. The van der Waals surface area contributed by atoms with E-state index in [2.05, 4.69) is 103 Å². The Morgan fingerprint density at radius 1 is 0.541 bits per heavy atom. The predicted octanol–water partition coefficient (Wildman–Crippen LogP) is 10.7. The number of aromatic nitrogens is 18. The zero-order valence-electron chi connectivity index (χ0n) is 58.8. The molecule has 0 unspecified atom stereocenters. The number of para-hydroxylation sites is 3. The first-order valence-electron chi connectivity index (χ1n) is 33.9. The number of halogens is 1. The third kappa shape index (κ3) is 14.3. The zero-order valence-corrected chi connectivity index (χ0v) is 60.4. The number of benzene rings is 10. The van der Waals surface area contributed by atoms with Crippen molar-refractivity contribution in [3.05, 3.63) is 250 Å². The summed E-state index contributed by atoms with van der Waals surface area (Å²) in [5, 5.41) is 64.4. The molecule has 1 saturated heterocycles. The van der Waals surface area contributed by atoms with Gasteiger partial charge >= 0.3 is 22.1 Å². The van der Waals surface area contributed by atoms with Crippen LogP contribution in [0.15, 0.2) is 211 Å². The monoisotopic (exact) mass is 1500 g/mol. The van der Waals surface area contributed by atoms with Crippen LogP contribution in [0.2, 0.25) is 5.02 Å². The molecule has 19 rings (SSSR count). The van der Waals surface area contributed by atoms with Gasteiger partial charge in [-0.2, -0.15) is 22.8 Å². The molecule has 2 amide bonds. The van der Waals surface area contributed by atoms with E-state index < -0.39 is 40.1 Å². The molecule has 3 aliphatic rings. The van der Waals surface area contributed by atoms with Crippen LogP contribution in [0.4, 0.5) is 0 Å². The van der Waals surface area contributed by atoms with Crippen LogP contribution in [0.1, 0.15) is 81.5 Å². The highest BCUT2D eigenvalue weighted by Gasteiger charge is 2.38. The van der Waals surface area contributed by atoms with E-state index >= 15 is 0 Å². The second-order valence-corrected chi connectivity index (χ2v) is 27.3. The molecule has 8 heterocycles. The van der Waals surface area contributed by atoms with Crippen molar-refractivity contribution >= 4 is 134 Å². The van der Waals surface area contributed by atoms with Gasteiger partial charge in [0.15, 0.2) is 6.23 Å². The van der Waals surface area contributed by atoms with Gasteiger partial charge in [0.25, 0.3) is 11.8 Å². The lowest BCUT2D eigenvalue weighted by Crippen LogP contribution is -2.48. The van der Waals surface area contributed by atoms with E-state index in [9.17, 15) is 27.6 Å². The minimum atomic E-state index is -3.63. The van der Waals surface area contributed by atoms with Crippen LogP contribution >= 0.6 is 11.6 Å². The zero-order chi connectivity index (χ0) is 75.8. The van der Waals surface area contributed by atoms with Crippen molar-refractivity contribution in [2.75, 3.05) is 17.9 Å². The third-order valence-corrected chi connectivity index (χ3v) is 18.7. The van der Waals surface area contributed by atoms with Gasteiger partial charge in [-0.25, -0.2) is 4.68 Å². The van der Waals surface area contributed by atoms with Crippen molar-refractivity contribution in [3.63, 3.8) is 0 Å². The number of imide groups is 1. The number of nitrogens with zero attached hydrogens (tertiary/aromatic N) is 20. The first-order chi connectivity index (χ1) is 52.7. The maximum Gasteiger partial charge on any atom is 0.325 e. The van der Waals surface area contributed by atoms with Crippen molar-refractivity contribution in [3.8, 4) is 11.1 Å². The van der Waals surface area contributed by atoms with E-state index in [1.54, 1.807) is 39.8 Å². The number of hydrogen-bond donors (Lipinski definition) is 1. The number of aryl methyl sites for hydroxylation is 3. The molecule has 2 aliphatic heterocycles. The molecule has 0 radical (unpaired) electrons. The van der Waals surface area contributed by atoms with Gasteiger partial charge in [-0.15, -0.1) is 45.3 Å². The van der Waals surface area contributed by atoms with Crippen LogP contribution in [-0.2, 0) is 33.9 Å². The Labute approximate surface area is 622 Å². The van der Waals surface area contributed by atoms with E-state index in [4.69, 9.17) is 36.3 Å². The van der Waals surface area contributed by atoms with Gasteiger partial charge in [-0.1, -0.05) is 153 Å². The summed E-state index contributed by atoms with van der Waals surface area (Å²) in [6.45, 7) is 8.72. The summed E-state index contributed by atoms with van der Waals surface area (Å²) >= 11 is 5.82. The lowest BCUT2D eigenvalue weighted by Gasteiger charge is -2.35. The maximum absolute atomic E-state index is 13.0. The highest BCUT2D eigenvalue weighted by molar-refractivity contribution is 7.86. The van der Waals surface area contributed by atoms with Crippen molar-refractivity contribution in [2.24, 2.45) is 5.10 Å². The quantitative estimate of drug-likeness (QED) is 0.0639. The number of amides is 2. The smallest absolute Gasteiger partial charge is 0.325 e. The minimum absolute atomic E-state index is 0.0224. The number of carbonyl (C=O) groups is 4. The summed E-state index contributed by atoms with van der Waals surface area (Å²) in [7, 11) is -3.63. The Morgan fingerprint density at radius 3 is 1.70 bits per heavy atom. The van der Waals surface area contributed by atoms with Crippen LogP contribution < -0.4 is 9.29 Å². The SMILES string of the molecule is CC(=O)OC[C@@H]1O[C@H](n2nnc3cc(C)c(C)cc32)CC[C@@H]1OC(C)=O.CS(=O)(=O)On1nnc2c(Cl)cccc21.Cc1ccc2c(c1)nnn2N1C(=O)c2cccc3cccc(c23)C1=O.N=C(n1nnc2ccccc21)n1nnc2ccccc21.c1ccc2c(c1)C(=Nn1nnc3ccccc31)c1ccccc1-2. The molecule has 544 valence electrons. The van der Waals surface area contributed by atoms with E-state index in [1.165, 1.54) is 39.1 Å². The van der Waals surface area contributed by atoms with Crippen LogP contribution in [0, 0.1) is 26.2 Å². The number of carbonyl (C=O) groups excluding carboxylic acids is 4. The molecule has 33 heteroatoms. The van der Waals surface area contributed by atoms with Gasteiger partial charge in [0.2, 0.25) is 5.96 Å². The Morgan fingerprint density at radius 2 is 1.07 bits per heavy atom.